The maximum atomic E-state index is 15.3. The van der Waals surface area contributed by atoms with Crippen LogP contribution >= 0.6 is 15.9 Å². The Kier molecular flexibility index (Phi) is 5.26. The molecule has 0 saturated carbocycles. The SMILES string of the molecule is Fc1c(Br)c(C(F)(F)F)cc2c(N3[C@@H]4C[CH][C@H]3CC4)nc(OC[C@@]34CCCN3C[C@H](F)C4)nc12. The number of rotatable bonds is 4. The van der Waals surface area contributed by atoms with Crippen LogP contribution in [0.4, 0.5) is 27.8 Å². The summed E-state index contributed by atoms with van der Waals surface area (Å²) in [6, 6.07) is 0.954. The Hall–Kier alpha value is -1.75. The van der Waals surface area contributed by atoms with E-state index in [4.69, 9.17) is 4.74 Å². The minimum Gasteiger partial charge on any atom is -0.461 e. The van der Waals surface area contributed by atoms with E-state index < -0.39 is 33.7 Å². The van der Waals surface area contributed by atoms with Gasteiger partial charge in [-0.05, 0) is 67.1 Å². The topological polar surface area (TPSA) is 41.5 Å². The molecule has 0 N–H and O–H groups in total. The van der Waals surface area contributed by atoms with Crippen LogP contribution in [0.25, 0.3) is 10.9 Å². The average Bonchev–Trinajstić information content (AvgIpc) is 3.53. The Balaban J connectivity index is 1.44. The summed E-state index contributed by atoms with van der Waals surface area (Å²) in [5.74, 6) is -0.840. The summed E-state index contributed by atoms with van der Waals surface area (Å²) in [5, 5.41) is 0.0120. The van der Waals surface area contributed by atoms with Crippen molar-refractivity contribution in [3.05, 3.63) is 28.3 Å². The first kappa shape index (κ1) is 22.7. The fourth-order valence-electron chi connectivity index (χ4n) is 6.30. The van der Waals surface area contributed by atoms with Crippen molar-refractivity contribution in [1.29, 1.82) is 0 Å². The van der Waals surface area contributed by atoms with Crippen LogP contribution in [0.15, 0.2) is 10.5 Å². The van der Waals surface area contributed by atoms with Crippen LogP contribution in [0, 0.1) is 12.2 Å². The van der Waals surface area contributed by atoms with Crippen LogP contribution in [-0.2, 0) is 6.18 Å². The summed E-state index contributed by atoms with van der Waals surface area (Å²) in [7, 11) is 0. The minimum absolute atomic E-state index is 0.0120. The minimum atomic E-state index is -4.74. The van der Waals surface area contributed by atoms with E-state index in [1.807, 2.05) is 4.90 Å². The van der Waals surface area contributed by atoms with Crippen molar-refractivity contribution in [3.63, 3.8) is 0 Å². The molecule has 183 valence electrons. The van der Waals surface area contributed by atoms with Gasteiger partial charge in [-0.1, -0.05) is 0 Å². The Bertz CT molecular complexity index is 1130. The number of alkyl halides is 4. The van der Waals surface area contributed by atoms with Gasteiger partial charge in [-0.3, -0.25) is 4.90 Å². The third kappa shape index (κ3) is 3.48. The van der Waals surface area contributed by atoms with E-state index in [0.717, 1.165) is 44.7 Å². The molecule has 5 nitrogen and oxygen atoms in total. The molecule has 6 rings (SSSR count). The van der Waals surface area contributed by atoms with Gasteiger partial charge in [0, 0.05) is 30.4 Å². The number of anilines is 1. The molecule has 1 aromatic heterocycles. The van der Waals surface area contributed by atoms with Crippen LogP contribution in [0.3, 0.4) is 0 Å². The van der Waals surface area contributed by atoms with Gasteiger partial charge in [0.1, 0.15) is 24.1 Å². The van der Waals surface area contributed by atoms with Gasteiger partial charge in [-0.25, -0.2) is 8.78 Å². The zero-order chi connectivity index (χ0) is 23.8. The average molecular weight is 546 g/mol. The van der Waals surface area contributed by atoms with E-state index >= 15 is 4.39 Å². The number of benzene rings is 1. The van der Waals surface area contributed by atoms with Crippen LogP contribution in [0.2, 0.25) is 0 Å². The maximum Gasteiger partial charge on any atom is 0.417 e. The number of ether oxygens (including phenoxy) is 1. The molecule has 4 atom stereocenters. The Labute approximate surface area is 201 Å². The molecule has 2 bridgehead atoms. The van der Waals surface area contributed by atoms with Crippen LogP contribution in [0.1, 0.15) is 44.1 Å². The summed E-state index contributed by atoms with van der Waals surface area (Å²) in [6.45, 7) is 1.31. The van der Waals surface area contributed by atoms with Gasteiger partial charge >= 0.3 is 12.2 Å². The lowest BCUT2D eigenvalue weighted by atomic mass is 9.95. The van der Waals surface area contributed by atoms with Crippen LogP contribution in [0.5, 0.6) is 6.01 Å². The number of fused-ring (bicyclic) bond motifs is 4. The van der Waals surface area contributed by atoms with E-state index in [9.17, 15) is 17.6 Å². The highest BCUT2D eigenvalue weighted by molar-refractivity contribution is 9.10. The lowest BCUT2D eigenvalue weighted by Gasteiger charge is -2.31. The second kappa shape index (κ2) is 7.88. The highest BCUT2D eigenvalue weighted by Crippen LogP contribution is 2.46. The summed E-state index contributed by atoms with van der Waals surface area (Å²) >= 11 is 2.78. The number of hydrogen-bond acceptors (Lipinski definition) is 5. The fourth-order valence-corrected chi connectivity index (χ4v) is 6.83. The molecule has 4 saturated heterocycles. The Morgan fingerprint density at radius 3 is 2.74 bits per heavy atom. The molecule has 4 aliphatic heterocycles. The molecule has 0 unspecified atom stereocenters. The maximum absolute atomic E-state index is 15.3. The molecule has 5 heterocycles. The third-order valence-electron chi connectivity index (χ3n) is 7.84. The van der Waals surface area contributed by atoms with Gasteiger partial charge in [0.05, 0.1) is 15.6 Å². The van der Waals surface area contributed by atoms with Gasteiger partial charge in [-0.15, -0.1) is 0 Å². The van der Waals surface area contributed by atoms with Crippen molar-refractivity contribution in [2.45, 2.75) is 68.5 Å². The van der Waals surface area contributed by atoms with Gasteiger partial charge in [-0.2, -0.15) is 23.1 Å². The second-order valence-corrected chi connectivity index (χ2v) is 10.6. The molecule has 4 fully saturated rings. The molecular formula is C23H23BrF5N4O. The molecule has 0 spiro atoms. The van der Waals surface area contributed by atoms with Gasteiger partial charge < -0.3 is 9.64 Å². The van der Waals surface area contributed by atoms with Crippen molar-refractivity contribution >= 4 is 32.7 Å². The fraction of sp³-hybridized carbons (Fsp3) is 0.609. The van der Waals surface area contributed by atoms with Crippen molar-refractivity contribution in [2.75, 3.05) is 24.6 Å². The number of hydrogen-bond donors (Lipinski definition) is 0. The van der Waals surface area contributed by atoms with E-state index in [1.54, 1.807) is 0 Å². The zero-order valence-electron chi connectivity index (χ0n) is 18.2. The molecular weight excluding hydrogens is 523 g/mol. The normalized spacial score (nSPS) is 31.1. The molecule has 0 amide bonds. The van der Waals surface area contributed by atoms with Crippen molar-refractivity contribution in [2.24, 2.45) is 0 Å². The molecule has 0 aliphatic carbocycles. The first-order valence-corrected chi connectivity index (χ1v) is 12.4. The molecule has 2 aromatic rings. The standard InChI is InChI=1S/C23H23BrF5N4O/c24-17-16(23(27,28)29)8-15-19(18(17)26)30-21(31-20(15)33-13-2-3-14(33)5-4-13)34-11-22-6-1-7-32(22)10-12(25)9-22/h2,8,12-14H,1,3-7,9-11H2/t12-,13+,14-,22+/m1/s1. The molecule has 4 aliphatic rings. The van der Waals surface area contributed by atoms with Gasteiger partial charge in [0.15, 0.2) is 5.82 Å². The summed E-state index contributed by atoms with van der Waals surface area (Å²) in [6.07, 6.45) is 1.09. The number of aromatic nitrogens is 2. The molecule has 11 heteroatoms. The summed E-state index contributed by atoms with van der Waals surface area (Å²) < 4.78 is 75.6. The predicted octanol–water partition coefficient (Wildman–Crippen LogP) is 5.45. The monoisotopic (exact) mass is 545 g/mol. The molecule has 34 heavy (non-hydrogen) atoms. The Morgan fingerprint density at radius 1 is 1.24 bits per heavy atom. The number of nitrogens with zero attached hydrogens (tertiary/aromatic N) is 4. The van der Waals surface area contributed by atoms with E-state index in [2.05, 4.69) is 37.2 Å². The Morgan fingerprint density at radius 2 is 2.06 bits per heavy atom. The summed E-state index contributed by atoms with van der Waals surface area (Å²) in [5.41, 5.74) is -1.77. The van der Waals surface area contributed by atoms with E-state index in [-0.39, 0.29) is 41.4 Å². The quantitative estimate of drug-likeness (QED) is 0.478. The third-order valence-corrected chi connectivity index (χ3v) is 8.61. The largest absolute Gasteiger partial charge is 0.461 e. The zero-order valence-corrected chi connectivity index (χ0v) is 19.8. The smallest absolute Gasteiger partial charge is 0.417 e. The van der Waals surface area contributed by atoms with E-state index in [1.165, 1.54) is 0 Å². The van der Waals surface area contributed by atoms with Crippen molar-refractivity contribution < 1.29 is 26.7 Å². The highest BCUT2D eigenvalue weighted by atomic mass is 79.9. The lowest BCUT2D eigenvalue weighted by Crippen LogP contribution is -2.43. The first-order valence-electron chi connectivity index (χ1n) is 11.6. The van der Waals surface area contributed by atoms with Gasteiger partial charge in [0.2, 0.25) is 0 Å². The van der Waals surface area contributed by atoms with Crippen LogP contribution < -0.4 is 9.64 Å². The van der Waals surface area contributed by atoms with E-state index in [0.29, 0.717) is 13.0 Å². The van der Waals surface area contributed by atoms with Crippen molar-refractivity contribution in [3.8, 4) is 6.01 Å². The molecule has 1 aromatic carbocycles. The molecule has 1 radical (unpaired) electrons. The number of halogens is 6. The summed E-state index contributed by atoms with van der Waals surface area (Å²) in [4.78, 5) is 12.8. The lowest BCUT2D eigenvalue weighted by molar-refractivity contribution is -0.138. The first-order chi connectivity index (χ1) is 16.2. The van der Waals surface area contributed by atoms with Gasteiger partial charge in [0.25, 0.3) is 0 Å². The van der Waals surface area contributed by atoms with Crippen LogP contribution in [-0.4, -0.2) is 58.4 Å². The second-order valence-electron chi connectivity index (χ2n) is 9.82. The van der Waals surface area contributed by atoms with Crippen molar-refractivity contribution in [1.82, 2.24) is 14.9 Å². The highest BCUT2D eigenvalue weighted by Gasteiger charge is 2.49. The predicted molar refractivity (Wildman–Crippen MR) is 119 cm³/mol.